The molecule has 3 nitrogen and oxygen atoms in total. The van der Waals surface area contributed by atoms with Crippen molar-refractivity contribution in [3.05, 3.63) is 33.3 Å². The Kier molecular flexibility index (Phi) is 4.65. The van der Waals surface area contributed by atoms with Gasteiger partial charge in [-0.3, -0.25) is 4.79 Å². The van der Waals surface area contributed by atoms with Crippen molar-refractivity contribution in [2.24, 2.45) is 5.73 Å². The molecule has 18 heavy (non-hydrogen) atoms. The van der Waals surface area contributed by atoms with Crippen LogP contribution in [0.2, 0.25) is 5.02 Å². The normalized spacial score (nSPS) is 19.9. The summed E-state index contributed by atoms with van der Waals surface area (Å²) in [7, 11) is 0. The fourth-order valence-corrected chi connectivity index (χ4v) is 2.72. The van der Waals surface area contributed by atoms with E-state index >= 15 is 0 Å². The second-order valence-electron chi connectivity index (χ2n) is 4.67. The molecule has 1 saturated heterocycles. The minimum absolute atomic E-state index is 0.125. The molecule has 0 radical (unpaired) electrons. The predicted molar refractivity (Wildman–Crippen MR) is 76.6 cm³/mol. The quantitative estimate of drug-likeness (QED) is 0.905. The molecule has 1 heterocycles. The van der Waals surface area contributed by atoms with Crippen molar-refractivity contribution in [1.29, 1.82) is 0 Å². The lowest BCUT2D eigenvalue weighted by Crippen LogP contribution is -2.46. The minimum Gasteiger partial charge on any atom is -0.341 e. The van der Waals surface area contributed by atoms with Gasteiger partial charge < -0.3 is 10.6 Å². The summed E-state index contributed by atoms with van der Waals surface area (Å²) in [5, 5.41) is 0.659. The second-order valence-corrected chi connectivity index (χ2v) is 5.93. The van der Waals surface area contributed by atoms with E-state index in [1.54, 1.807) is 6.07 Å². The number of nitrogens with zero attached hydrogens (tertiary/aromatic N) is 1. The van der Waals surface area contributed by atoms with Gasteiger partial charge in [-0.05, 0) is 46.5 Å². The molecule has 1 aliphatic heterocycles. The third kappa shape index (κ3) is 3.46. The molecule has 2 rings (SSSR count). The molecule has 0 saturated carbocycles. The molecule has 0 unspecified atom stereocenters. The minimum atomic E-state index is 0.125. The number of hydrogen-bond donors (Lipinski definition) is 1. The summed E-state index contributed by atoms with van der Waals surface area (Å²) < 4.78 is 0.824. The highest BCUT2D eigenvalue weighted by atomic mass is 79.9. The molecule has 1 atom stereocenters. The maximum atomic E-state index is 12.1. The van der Waals surface area contributed by atoms with Crippen molar-refractivity contribution in [3.63, 3.8) is 0 Å². The smallest absolute Gasteiger partial charge is 0.227 e. The summed E-state index contributed by atoms with van der Waals surface area (Å²) >= 11 is 9.29. The highest BCUT2D eigenvalue weighted by Gasteiger charge is 2.21. The van der Waals surface area contributed by atoms with E-state index in [0.717, 1.165) is 29.4 Å². The van der Waals surface area contributed by atoms with Crippen LogP contribution in [-0.2, 0) is 11.2 Å². The largest absolute Gasteiger partial charge is 0.341 e. The lowest BCUT2D eigenvalue weighted by molar-refractivity contribution is -0.131. The number of amides is 1. The maximum absolute atomic E-state index is 12.1. The van der Waals surface area contributed by atoms with E-state index in [1.807, 2.05) is 17.0 Å². The van der Waals surface area contributed by atoms with Crippen LogP contribution < -0.4 is 5.73 Å². The van der Waals surface area contributed by atoms with Gasteiger partial charge >= 0.3 is 0 Å². The molecular formula is C13H16BrClN2O. The van der Waals surface area contributed by atoms with Gasteiger partial charge in [0, 0.05) is 23.6 Å². The Bertz CT molecular complexity index is 453. The van der Waals surface area contributed by atoms with Crippen LogP contribution in [-0.4, -0.2) is 29.9 Å². The molecule has 98 valence electrons. The fraction of sp³-hybridized carbons (Fsp3) is 0.462. The van der Waals surface area contributed by atoms with Gasteiger partial charge in [-0.2, -0.15) is 0 Å². The zero-order valence-corrected chi connectivity index (χ0v) is 12.4. The highest BCUT2D eigenvalue weighted by Crippen LogP contribution is 2.23. The molecule has 1 fully saturated rings. The molecule has 0 bridgehead atoms. The predicted octanol–water partition coefficient (Wildman–Crippen LogP) is 2.59. The van der Waals surface area contributed by atoms with Crippen molar-refractivity contribution in [3.8, 4) is 0 Å². The van der Waals surface area contributed by atoms with Crippen molar-refractivity contribution < 1.29 is 4.79 Å². The number of carbonyl (C=O) groups is 1. The van der Waals surface area contributed by atoms with E-state index < -0.39 is 0 Å². The first-order valence-electron chi connectivity index (χ1n) is 6.03. The molecular weight excluding hydrogens is 316 g/mol. The summed E-state index contributed by atoms with van der Waals surface area (Å²) in [6, 6.07) is 5.70. The highest BCUT2D eigenvalue weighted by molar-refractivity contribution is 9.10. The molecule has 1 amide bonds. The fourth-order valence-electron chi connectivity index (χ4n) is 2.17. The molecule has 0 aliphatic carbocycles. The first-order chi connectivity index (χ1) is 8.56. The molecule has 1 aromatic rings. The van der Waals surface area contributed by atoms with Crippen LogP contribution in [0.5, 0.6) is 0 Å². The van der Waals surface area contributed by atoms with Crippen LogP contribution in [0.15, 0.2) is 22.7 Å². The van der Waals surface area contributed by atoms with Gasteiger partial charge in [0.2, 0.25) is 5.91 Å². The number of likely N-dealkylation sites (tertiary alicyclic amines) is 1. The Morgan fingerprint density at radius 2 is 2.33 bits per heavy atom. The van der Waals surface area contributed by atoms with Crippen LogP contribution in [0.25, 0.3) is 0 Å². The maximum Gasteiger partial charge on any atom is 0.227 e. The van der Waals surface area contributed by atoms with E-state index in [-0.39, 0.29) is 11.9 Å². The Labute approximate surface area is 120 Å². The molecule has 0 aromatic heterocycles. The Balaban J connectivity index is 2.00. The summed E-state index contributed by atoms with van der Waals surface area (Å²) in [5.41, 5.74) is 6.85. The summed E-state index contributed by atoms with van der Waals surface area (Å²) in [4.78, 5) is 14.0. The van der Waals surface area contributed by atoms with Gasteiger partial charge in [0.15, 0.2) is 0 Å². The Morgan fingerprint density at radius 1 is 1.56 bits per heavy atom. The van der Waals surface area contributed by atoms with Crippen LogP contribution >= 0.6 is 27.5 Å². The average molecular weight is 332 g/mol. The first kappa shape index (κ1) is 13.8. The van der Waals surface area contributed by atoms with Crippen molar-refractivity contribution in [1.82, 2.24) is 4.90 Å². The molecule has 0 spiro atoms. The topological polar surface area (TPSA) is 46.3 Å². The van der Waals surface area contributed by atoms with Crippen molar-refractivity contribution >= 4 is 33.4 Å². The monoisotopic (exact) mass is 330 g/mol. The van der Waals surface area contributed by atoms with Gasteiger partial charge in [0.25, 0.3) is 0 Å². The van der Waals surface area contributed by atoms with E-state index in [1.165, 1.54) is 0 Å². The van der Waals surface area contributed by atoms with Crippen LogP contribution in [0, 0.1) is 0 Å². The first-order valence-corrected chi connectivity index (χ1v) is 7.20. The number of nitrogens with two attached hydrogens (primary N) is 1. The van der Waals surface area contributed by atoms with E-state index in [0.29, 0.717) is 18.0 Å². The lowest BCUT2D eigenvalue weighted by Gasteiger charge is -2.30. The standard InChI is InChI=1S/C13H16BrClN2O/c14-11-6-9(3-4-12(11)15)7-13(18)17-5-1-2-10(16)8-17/h3-4,6,10H,1-2,5,7-8,16H2/t10-/m1/s1. The van der Waals surface area contributed by atoms with Gasteiger partial charge in [0.05, 0.1) is 11.4 Å². The van der Waals surface area contributed by atoms with Gasteiger partial charge in [-0.15, -0.1) is 0 Å². The molecule has 5 heteroatoms. The van der Waals surface area contributed by atoms with E-state index in [9.17, 15) is 4.79 Å². The zero-order valence-electron chi connectivity index (χ0n) is 10.0. The number of piperidine rings is 1. The Morgan fingerprint density at radius 3 is 3.00 bits per heavy atom. The zero-order chi connectivity index (χ0) is 13.1. The summed E-state index contributed by atoms with van der Waals surface area (Å²) in [6.45, 7) is 1.49. The van der Waals surface area contributed by atoms with Crippen LogP contribution in [0.1, 0.15) is 18.4 Å². The van der Waals surface area contributed by atoms with Crippen LogP contribution in [0.4, 0.5) is 0 Å². The number of hydrogen-bond acceptors (Lipinski definition) is 2. The third-order valence-corrected chi connectivity index (χ3v) is 4.36. The number of benzene rings is 1. The molecule has 1 aromatic carbocycles. The van der Waals surface area contributed by atoms with E-state index in [2.05, 4.69) is 15.9 Å². The number of halogens is 2. The molecule has 1 aliphatic rings. The lowest BCUT2D eigenvalue weighted by atomic mass is 10.1. The van der Waals surface area contributed by atoms with Crippen molar-refractivity contribution in [2.75, 3.05) is 13.1 Å². The number of carbonyl (C=O) groups excluding carboxylic acids is 1. The van der Waals surface area contributed by atoms with Crippen LogP contribution in [0.3, 0.4) is 0 Å². The summed E-state index contributed by atoms with van der Waals surface area (Å²) in [6.07, 6.45) is 2.41. The van der Waals surface area contributed by atoms with Gasteiger partial charge in [0.1, 0.15) is 0 Å². The van der Waals surface area contributed by atoms with Crippen molar-refractivity contribution in [2.45, 2.75) is 25.3 Å². The van der Waals surface area contributed by atoms with E-state index in [4.69, 9.17) is 17.3 Å². The SMILES string of the molecule is N[C@@H]1CCCN(C(=O)Cc2ccc(Cl)c(Br)c2)C1. The third-order valence-electron chi connectivity index (χ3n) is 3.15. The summed E-state index contributed by atoms with van der Waals surface area (Å²) in [5.74, 6) is 0.138. The second kappa shape index (κ2) is 6.04. The number of rotatable bonds is 2. The molecule has 2 N–H and O–H groups in total. The average Bonchev–Trinajstić information content (AvgIpc) is 2.34. The Hall–Kier alpha value is -0.580. The van der Waals surface area contributed by atoms with Gasteiger partial charge in [-0.1, -0.05) is 17.7 Å². The van der Waals surface area contributed by atoms with Gasteiger partial charge in [-0.25, -0.2) is 0 Å².